The van der Waals surface area contributed by atoms with E-state index in [1.807, 2.05) is 6.07 Å². The summed E-state index contributed by atoms with van der Waals surface area (Å²) in [5, 5.41) is 9.68. The van der Waals surface area contributed by atoms with Crippen LogP contribution in [0.5, 0.6) is 5.75 Å². The van der Waals surface area contributed by atoms with E-state index in [4.69, 9.17) is 4.74 Å². The van der Waals surface area contributed by atoms with E-state index in [0.29, 0.717) is 12.5 Å². The van der Waals surface area contributed by atoms with Gasteiger partial charge in [0.15, 0.2) is 0 Å². The van der Waals surface area contributed by atoms with Crippen LogP contribution < -0.4 is 4.74 Å². The molecule has 1 atom stereocenters. The Morgan fingerprint density at radius 2 is 2.00 bits per heavy atom. The first-order valence-corrected chi connectivity index (χ1v) is 6.46. The highest BCUT2D eigenvalue weighted by atomic mass is 16.5. The SMILES string of the molecule is CCCC(O)COc1cc(C)ccc1C(C)C. The van der Waals surface area contributed by atoms with Crippen molar-refractivity contribution in [3.05, 3.63) is 29.3 Å². The number of ether oxygens (including phenoxy) is 1. The highest BCUT2D eigenvalue weighted by Gasteiger charge is 2.10. The molecular formula is C15H24O2. The lowest BCUT2D eigenvalue weighted by molar-refractivity contribution is 0.0987. The van der Waals surface area contributed by atoms with Crippen LogP contribution in [-0.2, 0) is 0 Å². The molecule has 2 heteroatoms. The zero-order valence-corrected chi connectivity index (χ0v) is 11.4. The Hall–Kier alpha value is -1.02. The Morgan fingerprint density at radius 1 is 1.29 bits per heavy atom. The van der Waals surface area contributed by atoms with Gasteiger partial charge in [-0.25, -0.2) is 0 Å². The Labute approximate surface area is 105 Å². The van der Waals surface area contributed by atoms with Crippen molar-refractivity contribution in [2.45, 2.75) is 52.6 Å². The lowest BCUT2D eigenvalue weighted by atomic mass is 10.0. The van der Waals surface area contributed by atoms with Gasteiger partial charge in [-0.1, -0.05) is 39.3 Å². The number of aliphatic hydroxyl groups excluding tert-OH is 1. The van der Waals surface area contributed by atoms with Crippen molar-refractivity contribution in [1.82, 2.24) is 0 Å². The van der Waals surface area contributed by atoms with E-state index in [1.165, 1.54) is 11.1 Å². The molecule has 0 radical (unpaired) electrons. The molecule has 0 aromatic heterocycles. The molecule has 0 heterocycles. The number of benzene rings is 1. The Kier molecular flexibility index (Phi) is 5.49. The molecule has 1 aromatic rings. The highest BCUT2D eigenvalue weighted by molar-refractivity contribution is 5.39. The number of hydrogen-bond acceptors (Lipinski definition) is 2. The maximum absolute atomic E-state index is 9.68. The predicted octanol–water partition coefficient (Wildman–Crippen LogP) is 3.66. The standard InChI is InChI=1S/C15H24O2/c1-5-6-13(16)10-17-15-9-12(4)7-8-14(15)11(2)3/h7-9,11,13,16H,5-6,10H2,1-4H3. The summed E-state index contributed by atoms with van der Waals surface area (Å²) in [5.74, 6) is 1.35. The number of aryl methyl sites for hydroxylation is 1. The van der Waals surface area contributed by atoms with E-state index in [-0.39, 0.29) is 6.10 Å². The van der Waals surface area contributed by atoms with Crippen molar-refractivity contribution in [3.8, 4) is 5.75 Å². The number of hydrogen-bond donors (Lipinski definition) is 1. The van der Waals surface area contributed by atoms with Crippen LogP contribution in [0.1, 0.15) is 50.7 Å². The molecule has 0 aliphatic carbocycles. The largest absolute Gasteiger partial charge is 0.491 e. The zero-order valence-electron chi connectivity index (χ0n) is 11.4. The first-order valence-electron chi connectivity index (χ1n) is 6.46. The molecular weight excluding hydrogens is 212 g/mol. The van der Waals surface area contributed by atoms with Crippen molar-refractivity contribution in [3.63, 3.8) is 0 Å². The van der Waals surface area contributed by atoms with Crippen LogP contribution >= 0.6 is 0 Å². The number of rotatable bonds is 6. The molecule has 1 unspecified atom stereocenters. The summed E-state index contributed by atoms with van der Waals surface area (Å²) in [5.41, 5.74) is 2.40. The molecule has 1 aromatic carbocycles. The third kappa shape index (κ3) is 4.39. The average Bonchev–Trinajstić information content (AvgIpc) is 2.26. The molecule has 1 N–H and O–H groups in total. The summed E-state index contributed by atoms with van der Waals surface area (Å²) in [4.78, 5) is 0. The summed E-state index contributed by atoms with van der Waals surface area (Å²) in [6.45, 7) is 8.81. The molecule has 0 spiro atoms. The molecule has 0 saturated heterocycles. The molecule has 0 aliphatic heterocycles. The molecule has 1 rings (SSSR count). The van der Waals surface area contributed by atoms with E-state index < -0.39 is 0 Å². The van der Waals surface area contributed by atoms with Crippen molar-refractivity contribution in [2.75, 3.05) is 6.61 Å². The van der Waals surface area contributed by atoms with Crippen molar-refractivity contribution < 1.29 is 9.84 Å². The maximum atomic E-state index is 9.68. The number of aliphatic hydroxyl groups is 1. The van der Waals surface area contributed by atoms with E-state index in [2.05, 4.69) is 39.8 Å². The molecule has 2 nitrogen and oxygen atoms in total. The zero-order chi connectivity index (χ0) is 12.8. The summed E-state index contributed by atoms with van der Waals surface area (Å²) < 4.78 is 5.74. The van der Waals surface area contributed by atoms with E-state index in [0.717, 1.165) is 18.6 Å². The van der Waals surface area contributed by atoms with Gasteiger partial charge in [0, 0.05) is 0 Å². The molecule has 0 fully saturated rings. The summed E-state index contributed by atoms with van der Waals surface area (Å²) in [6, 6.07) is 6.26. The maximum Gasteiger partial charge on any atom is 0.123 e. The summed E-state index contributed by atoms with van der Waals surface area (Å²) >= 11 is 0. The first-order chi connectivity index (χ1) is 8.04. The minimum absolute atomic E-state index is 0.361. The average molecular weight is 236 g/mol. The first kappa shape index (κ1) is 14.0. The second-order valence-electron chi connectivity index (χ2n) is 4.95. The van der Waals surface area contributed by atoms with Crippen LogP contribution in [0.2, 0.25) is 0 Å². The second kappa shape index (κ2) is 6.65. The van der Waals surface area contributed by atoms with Gasteiger partial charge in [-0.3, -0.25) is 0 Å². The molecule has 0 amide bonds. The topological polar surface area (TPSA) is 29.5 Å². The predicted molar refractivity (Wildman–Crippen MR) is 71.7 cm³/mol. The van der Waals surface area contributed by atoms with Crippen molar-refractivity contribution in [2.24, 2.45) is 0 Å². The van der Waals surface area contributed by atoms with E-state index in [9.17, 15) is 5.11 Å². The smallest absolute Gasteiger partial charge is 0.123 e. The van der Waals surface area contributed by atoms with Gasteiger partial charge in [-0.15, -0.1) is 0 Å². The lowest BCUT2D eigenvalue weighted by Crippen LogP contribution is -2.17. The third-order valence-electron chi connectivity index (χ3n) is 2.84. The molecule has 0 aliphatic rings. The van der Waals surface area contributed by atoms with Crippen LogP contribution in [0.4, 0.5) is 0 Å². The summed E-state index contributed by atoms with van der Waals surface area (Å²) in [7, 11) is 0. The lowest BCUT2D eigenvalue weighted by Gasteiger charge is -2.17. The molecule has 0 bridgehead atoms. The van der Waals surface area contributed by atoms with Crippen molar-refractivity contribution in [1.29, 1.82) is 0 Å². The van der Waals surface area contributed by atoms with Gasteiger partial charge >= 0.3 is 0 Å². The minimum atomic E-state index is -0.361. The molecule has 17 heavy (non-hydrogen) atoms. The quantitative estimate of drug-likeness (QED) is 0.816. The fourth-order valence-corrected chi connectivity index (χ4v) is 1.85. The van der Waals surface area contributed by atoms with Gasteiger partial charge in [0.2, 0.25) is 0 Å². The second-order valence-corrected chi connectivity index (χ2v) is 4.95. The molecule has 0 saturated carbocycles. The van der Waals surface area contributed by atoms with Gasteiger partial charge in [0.1, 0.15) is 12.4 Å². The molecule has 96 valence electrons. The van der Waals surface area contributed by atoms with Crippen LogP contribution in [-0.4, -0.2) is 17.8 Å². The summed E-state index contributed by atoms with van der Waals surface area (Å²) in [6.07, 6.45) is 1.42. The van der Waals surface area contributed by atoms with Crippen LogP contribution in [0.15, 0.2) is 18.2 Å². The Morgan fingerprint density at radius 3 is 2.59 bits per heavy atom. The fourth-order valence-electron chi connectivity index (χ4n) is 1.85. The van der Waals surface area contributed by atoms with Gasteiger partial charge in [-0.05, 0) is 36.5 Å². The van der Waals surface area contributed by atoms with Gasteiger partial charge in [-0.2, -0.15) is 0 Å². The highest BCUT2D eigenvalue weighted by Crippen LogP contribution is 2.27. The monoisotopic (exact) mass is 236 g/mol. The van der Waals surface area contributed by atoms with E-state index >= 15 is 0 Å². The van der Waals surface area contributed by atoms with Gasteiger partial charge in [0.25, 0.3) is 0 Å². The van der Waals surface area contributed by atoms with Crippen LogP contribution in [0, 0.1) is 6.92 Å². The van der Waals surface area contributed by atoms with E-state index in [1.54, 1.807) is 0 Å². The van der Waals surface area contributed by atoms with Gasteiger partial charge in [0.05, 0.1) is 6.10 Å². The fraction of sp³-hybridized carbons (Fsp3) is 0.600. The Balaban J connectivity index is 2.71. The van der Waals surface area contributed by atoms with Crippen LogP contribution in [0.25, 0.3) is 0 Å². The Bertz CT molecular complexity index is 345. The normalized spacial score (nSPS) is 12.8. The van der Waals surface area contributed by atoms with Crippen LogP contribution in [0.3, 0.4) is 0 Å². The van der Waals surface area contributed by atoms with Crippen molar-refractivity contribution >= 4 is 0 Å². The van der Waals surface area contributed by atoms with Gasteiger partial charge < -0.3 is 9.84 Å². The minimum Gasteiger partial charge on any atom is -0.491 e. The third-order valence-corrected chi connectivity index (χ3v) is 2.84.